The molecule has 0 spiro atoms. The molecule has 0 bridgehead atoms. The van der Waals surface area contributed by atoms with Crippen LogP contribution in [0.25, 0.3) is 5.70 Å². The van der Waals surface area contributed by atoms with Crippen LogP contribution in [0.4, 0.5) is 0 Å². The zero-order chi connectivity index (χ0) is 18.5. The standard InChI is InChI=1S/C20H19ClN2O2S/c1-3-25-20(24)16-17(13-9-11-15(26-2)12-10-13)22-19(23-18(16)21)14-7-5-4-6-8-14/h4-12,18H,3H2,1-2H3,(H,22,23). The van der Waals surface area contributed by atoms with Crippen LogP contribution in [0.1, 0.15) is 18.1 Å². The molecule has 1 heterocycles. The summed E-state index contributed by atoms with van der Waals surface area (Å²) in [5.41, 5.74) is 1.90. The van der Waals surface area contributed by atoms with E-state index in [1.54, 1.807) is 18.7 Å². The van der Waals surface area contributed by atoms with Gasteiger partial charge in [-0.15, -0.1) is 11.8 Å². The van der Waals surface area contributed by atoms with Gasteiger partial charge in [-0.2, -0.15) is 0 Å². The number of ether oxygens (including phenoxy) is 1. The second kappa shape index (κ2) is 8.43. The highest BCUT2D eigenvalue weighted by Crippen LogP contribution is 2.29. The van der Waals surface area contributed by atoms with E-state index in [1.165, 1.54) is 0 Å². The molecule has 134 valence electrons. The number of carbonyl (C=O) groups is 1. The number of esters is 1. The quantitative estimate of drug-likeness (QED) is 0.360. The molecule has 0 aliphatic carbocycles. The lowest BCUT2D eigenvalue weighted by Crippen LogP contribution is -2.34. The Bertz CT molecular complexity index is 848. The van der Waals surface area contributed by atoms with Crippen molar-refractivity contribution in [2.75, 3.05) is 12.9 Å². The third-order valence-electron chi connectivity index (χ3n) is 3.91. The molecule has 6 heteroatoms. The van der Waals surface area contributed by atoms with Crippen molar-refractivity contribution in [3.8, 4) is 0 Å². The van der Waals surface area contributed by atoms with Crippen molar-refractivity contribution in [2.45, 2.75) is 17.3 Å². The number of hydrogen-bond donors (Lipinski definition) is 1. The van der Waals surface area contributed by atoms with Crippen LogP contribution in [0.2, 0.25) is 0 Å². The van der Waals surface area contributed by atoms with Gasteiger partial charge in [-0.1, -0.05) is 54.1 Å². The molecule has 0 saturated heterocycles. The molecule has 2 aromatic carbocycles. The Morgan fingerprint density at radius 3 is 2.46 bits per heavy atom. The van der Waals surface area contributed by atoms with Gasteiger partial charge < -0.3 is 10.1 Å². The van der Waals surface area contributed by atoms with Gasteiger partial charge in [0.1, 0.15) is 11.4 Å². The normalized spacial score (nSPS) is 16.7. The highest BCUT2D eigenvalue weighted by atomic mass is 35.5. The van der Waals surface area contributed by atoms with Gasteiger partial charge in [-0.05, 0) is 30.9 Å². The molecule has 0 fully saturated rings. The first-order valence-corrected chi connectivity index (χ1v) is 9.90. The fourth-order valence-electron chi connectivity index (χ4n) is 2.65. The van der Waals surface area contributed by atoms with E-state index in [9.17, 15) is 4.79 Å². The number of nitrogens with zero attached hydrogens (tertiary/aromatic N) is 1. The molecule has 2 aromatic rings. The van der Waals surface area contributed by atoms with Gasteiger partial charge in [0.25, 0.3) is 0 Å². The zero-order valence-electron chi connectivity index (χ0n) is 14.5. The summed E-state index contributed by atoms with van der Waals surface area (Å²) < 4.78 is 5.19. The largest absolute Gasteiger partial charge is 0.462 e. The maximum Gasteiger partial charge on any atom is 0.339 e. The van der Waals surface area contributed by atoms with Crippen molar-refractivity contribution in [3.63, 3.8) is 0 Å². The highest BCUT2D eigenvalue weighted by molar-refractivity contribution is 7.98. The summed E-state index contributed by atoms with van der Waals surface area (Å²) in [7, 11) is 0. The van der Waals surface area contributed by atoms with Crippen molar-refractivity contribution in [2.24, 2.45) is 4.99 Å². The summed E-state index contributed by atoms with van der Waals surface area (Å²) in [6.45, 7) is 2.05. The van der Waals surface area contributed by atoms with Crippen LogP contribution >= 0.6 is 23.4 Å². The summed E-state index contributed by atoms with van der Waals surface area (Å²) in [6, 6.07) is 17.6. The molecule has 3 rings (SSSR count). The summed E-state index contributed by atoms with van der Waals surface area (Å²) in [5.74, 6) is 0.169. The fourth-order valence-corrected chi connectivity index (χ4v) is 3.36. The van der Waals surface area contributed by atoms with Crippen LogP contribution < -0.4 is 5.32 Å². The van der Waals surface area contributed by atoms with Gasteiger partial charge in [0.2, 0.25) is 0 Å². The minimum Gasteiger partial charge on any atom is -0.462 e. The van der Waals surface area contributed by atoms with Gasteiger partial charge in [0, 0.05) is 10.5 Å². The minimum absolute atomic E-state index is 0.278. The smallest absolute Gasteiger partial charge is 0.339 e. The maximum absolute atomic E-state index is 12.5. The Morgan fingerprint density at radius 1 is 1.15 bits per heavy atom. The Hall–Kier alpha value is -2.24. The summed E-state index contributed by atoms with van der Waals surface area (Å²) >= 11 is 8.13. The number of halogens is 1. The van der Waals surface area contributed by atoms with E-state index < -0.39 is 11.5 Å². The van der Waals surface area contributed by atoms with Crippen molar-refractivity contribution in [1.29, 1.82) is 0 Å². The average molecular weight is 387 g/mol. The van der Waals surface area contributed by atoms with Crippen molar-refractivity contribution in [3.05, 3.63) is 71.3 Å². The van der Waals surface area contributed by atoms with E-state index in [-0.39, 0.29) is 6.61 Å². The predicted octanol–water partition coefficient (Wildman–Crippen LogP) is 4.30. The number of nitrogens with one attached hydrogen (secondary N) is 1. The van der Waals surface area contributed by atoms with Crippen LogP contribution in [-0.2, 0) is 9.53 Å². The molecule has 0 aromatic heterocycles. The summed E-state index contributed by atoms with van der Waals surface area (Å²) in [6.07, 6.45) is 2.02. The zero-order valence-corrected chi connectivity index (χ0v) is 16.1. The van der Waals surface area contributed by atoms with E-state index in [0.29, 0.717) is 17.1 Å². The summed E-state index contributed by atoms with van der Waals surface area (Å²) in [5, 5.41) is 3.28. The molecule has 1 unspecified atom stereocenters. The van der Waals surface area contributed by atoms with E-state index in [4.69, 9.17) is 16.3 Å². The van der Waals surface area contributed by atoms with Crippen LogP contribution in [0.5, 0.6) is 0 Å². The lowest BCUT2D eigenvalue weighted by Gasteiger charge is -2.25. The van der Waals surface area contributed by atoms with E-state index in [0.717, 1.165) is 16.0 Å². The number of hydrogen-bond acceptors (Lipinski definition) is 5. The highest BCUT2D eigenvalue weighted by Gasteiger charge is 2.30. The van der Waals surface area contributed by atoms with Crippen molar-refractivity contribution < 1.29 is 9.53 Å². The average Bonchev–Trinajstić information content (AvgIpc) is 2.68. The minimum atomic E-state index is -0.819. The molecule has 0 saturated carbocycles. The molecular weight excluding hydrogens is 368 g/mol. The molecule has 4 nitrogen and oxygen atoms in total. The molecule has 26 heavy (non-hydrogen) atoms. The molecule has 0 amide bonds. The fraction of sp³-hybridized carbons (Fsp3) is 0.200. The Morgan fingerprint density at radius 2 is 1.85 bits per heavy atom. The van der Waals surface area contributed by atoms with E-state index in [2.05, 4.69) is 10.3 Å². The second-order valence-corrected chi connectivity index (χ2v) is 6.84. The Labute approximate surface area is 162 Å². The lowest BCUT2D eigenvalue weighted by molar-refractivity contribution is -0.138. The number of alkyl halides is 1. The van der Waals surface area contributed by atoms with Gasteiger partial charge >= 0.3 is 5.97 Å². The first kappa shape index (κ1) is 18.5. The first-order valence-electron chi connectivity index (χ1n) is 8.24. The number of rotatable bonds is 5. The molecule has 1 atom stereocenters. The molecule has 1 N–H and O–H groups in total. The van der Waals surface area contributed by atoms with E-state index >= 15 is 0 Å². The van der Waals surface area contributed by atoms with Crippen molar-refractivity contribution in [1.82, 2.24) is 5.32 Å². The molecule has 1 aliphatic heterocycles. The van der Waals surface area contributed by atoms with Crippen LogP contribution in [0.15, 0.2) is 70.1 Å². The number of thioether (sulfide) groups is 1. The molecular formula is C20H19ClN2O2S. The van der Waals surface area contributed by atoms with Gasteiger partial charge in [-0.25, -0.2) is 9.79 Å². The van der Waals surface area contributed by atoms with Crippen LogP contribution in [0.3, 0.4) is 0 Å². The monoisotopic (exact) mass is 386 g/mol. The number of benzene rings is 2. The van der Waals surface area contributed by atoms with Crippen LogP contribution in [0, 0.1) is 0 Å². The molecule has 1 aliphatic rings. The topological polar surface area (TPSA) is 50.7 Å². The summed E-state index contributed by atoms with van der Waals surface area (Å²) in [4.78, 5) is 18.1. The lowest BCUT2D eigenvalue weighted by atomic mass is 10.0. The molecule has 0 radical (unpaired) electrons. The van der Waals surface area contributed by atoms with Gasteiger partial charge in [0.15, 0.2) is 5.50 Å². The Balaban J connectivity index is 2.05. The third kappa shape index (κ3) is 3.94. The SMILES string of the molecule is CCOC(=O)C1=C(c2ccc(SC)cc2)NC(c2ccccc2)=NC1Cl. The van der Waals surface area contributed by atoms with Crippen molar-refractivity contribution >= 4 is 40.9 Å². The number of aliphatic imine (C=N–C) groups is 1. The Kier molecular flexibility index (Phi) is 6.01. The van der Waals surface area contributed by atoms with Crippen LogP contribution in [-0.4, -0.2) is 30.2 Å². The van der Waals surface area contributed by atoms with Gasteiger partial charge in [-0.3, -0.25) is 0 Å². The van der Waals surface area contributed by atoms with E-state index in [1.807, 2.05) is 60.9 Å². The predicted molar refractivity (Wildman–Crippen MR) is 108 cm³/mol. The second-order valence-electron chi connectivity index (χ2n) is 5.54. The number of amidine groups is 1. The first-order chi connectivity index (χ1) is 12.6. The third-order valence-corrected chi connectivity index (χ3v) is 4.97. The maximum atomic E-state index is 12.5. The number of carbonyl (C=O) groups excluding carboxylic acids is 1. The van der Waals surface area contributed by atoms with Gasteiger partial charge in [0.05, 0.1) is 12.3 Å².